The molecule has 2 aliphatic heterocycles. The molecule has 2 rings (SSSR count). The number of aliphatic hydroxyl groups excluding tert-OH is 1. The van der Waals surface area contributed by atoms with Crippen LogP contribution in [0.2, 0.25) is 0 Å². The molecule has 0 saturated carbocycles. The fraction of sp³-hybridized carbons (Fsp3) is 0.923. The van der Waals surface area contributed by atoms with E-state index in [2.05, 4.69) is 6.92 Å². The van der Waals surface area contributed by atoms with Gasteiger partial charge < -0.3 is 14.6 Å². The van der Waals surface area contributed by atoms with Crippen LogP contribution in [-0.4, -0.2) is 36.0 Å². The Balaban J connectivity index is 2.12. The van der Waals surface area contributed by atoms with Gasteiger partial charge in [0.1, 0.15) is 5.78 Å². The van der Waals surface area contributed by atoms with Crippen molar-refractivity contribution < 1.29 is 19.4 Å². The molecule has 6 unspecified atom stereocenters. The van der Waals surface area contributed by atoms with Crippen molar-refractivity contribution in [3.8, 4) is 0 Å². The molecule has 1 N–H and O–H groups in total. The van der Waals surface area contributed by atoms with Gasteiger partial charge in [0.25, 0.3) is 0 Å². The van der Waals surface area contributed by atoms with Crippen LogP contribution in [0, 0.1) is 23.7 Å². The zero-order valence-corrected chi connectivity index (χ0v) is 11.0. The predicted octanol–water partition coefficient (Wildman–Crippen LogP) is 1.22. The average molecular weight is 242 g/mol. The second-order valence-corrected chi connectivity index (χ2v) is 5.63. The molecule has 2 aliphatic rings. The first-order valence-electron chi connectivity index (χ1n) is 6.36. The summed E-state index contributed by atoms with van der Waals surface area (Å²) < 4.78 is 11.4. The quantitative estimate of drug-likeness (QED) is 0.808. The largest absolute Gasteiger partial charge is 0.393 e. The summed E-state index contributed by atoms with van der Waals surface area (Å²) in [6.07, 6.45) is -0.603. The summed E-state index contributed by atoms with van der Waals surface area (Å²) in [4.78, 5) is 12.3. The highest BCUT2D eigenvalue weighted by molar-refractivity contribution is 5.84. The number of Topliss-reactive ketones (excluding diaryl/α,β-unsaturated/α-hetero) is 1. The first-order valence-corrected chi connectivity index (χ1v) is 6.36. The van der Waals surface area contributed by atoms with Crippen molar-refractivity contribution in [2.45, 2.75) is 39.6 Å². The molecule has 0 aromatic carbocycles. The highest BCUT2D eigenvalue weighted by Gasteiger charge is 2.54. The zero-order valence-electron chi connectivity index (χ0n) is 11.0. The van der Waals surface area contributed by atoms with Crippen LogP contribution in [0.5, 0.6) is 0 Å². The minimum absolute atomic E-state index is 0.101. The van der Waals surface area contributed by atoms with Crippen molar-refractivity contribution in [3.05, 3.63) is 0 Å². The Bertz CT molecular complexity index is 315. The summed E-state index contributed by atoms with van der Waals surface area (Å²) in [5, 5.41) is 9.52. The van der Waals surface area contributed by atoms with Gasteiger partial charge in [-0.1, -0.05) is 13.8 Å². The molecule has 2 saturated heterocycles. The third kappa shape index (κ3) is 2.02. The molecule has 0 radical (unpaired) electrons. The lowest BCUT2D eigenvalue weighted by Crippen LogP contribution is -2.47. The van der Waals surface area contributed by atoms with E-state index in [0.717, 1.165) is 0 Å². The number of carbonyl (C=O) groups is 1. The number of aliphatic hydroxyl groups is 1. The standard InChI is InChI=1S/C13H22O4/c1-7(9(3)14)12(15)11-6-17-13(4)8(2)10(11)5-16-13/h7-11,14H,5-6H2,1-4H3. The van der Waals surface area contributed by atoms with Gasteiger partial charge >= 0.3 is 0 Å². The number of rotatable bonds is 3. The molecule has 2 fully saturated rings. The third-order valence-corrected chi connectivity index (χ3v) is 4.64. The predicted molar refractivity (Wildman–Crippen MR) is 62.3 cm³/mol. The molecule has 98 valence electrons. The van der Waals surface area contributed by atoms with Gasteiger partial charge in [-0.25, -0.2) is 0 Å². The summed E-state index contributed by atoms with van der Waals surface area (Å²) in [5.41, 5.74) is 0. The smallest absolute Gasteiger partial charge is 0.168 e. The van der Waals surface area contributed by atoms with Gasteiger partial charge in [-0.3, -0.25) is 4.79 Å². The van der Waals surface area contributed by atoms with Crippen molar-refractivity contribution in [1.29, 1.82) is 0 Å². The van der Waals surface area contributed by atoms with Crippen LogP contribution in [0.4, 0.5) is 0 Å². The van der Waals surface area contributed by atoms with Crippen molar-refractivity contribution in [3.63, 3.8) is 0 Å². The number of hydrogen-bond acceptors (Lipinski definition) is 4. The summed E-state index contributed by atoms with van der Waals surface area (Å²) in [7, 11) is 0. The topological polar surface area (TPSA) is 55.8 Å². The molecule has 6 atom stereocenters. The minimum atomic E-state index is -0.603. The Morgan fingerprint density at radius 3 is 2.53 bits per heavy atom. The van der Waals surface area contributed by atoms with Gasteiger partial charge in [-0.15, -0.1) is 0 Å². The summed E-state index contributed by atoms with van der Waals surface area (Å²) >= 11 is 0. The lowest BCUT2D eigenvalue weighted by molar-refractivity contribution is -0.231. The highest BCUT2D eigenvalue weighted by Crippen LogP contribution is 2.46. The van der Waals surface area contributed by atoms with E-state index in [1.165, 1.54) is 0 Å². The third-order valence-electron chi connectivity index (χ3n) is 4.64. The van der Waals surface area contributed by atoms with E-state index in [-0.39, 0.29) is 29.5 Å². The molecule has 2 heterocycles. The summed E-state index contributed by atoms with van der Waals surface area (Å²) in [6.45, 7) is 8.45. The first kappa shape index (κ1) is 13.0. The molecule has 0 amide bonds. The molecule has 0 spiro atoms. The molecule has 2 bridgehead atoms. The Morgan fingerprint density at radius 1 is 1.35 bits per heavy atom. The van der Waals surface area contributed by atoms with E-state index < -0.39 is 11.9 Å². The van der Waals surface area contributed by atoms with Gasteiger partial charge in [0.2, 0.25) is 0 Å². The van der Waals surface area contributed by atoms with Gasteiger partial charge in [-0.2, -0.15) is 0 Å². The van der Waals surface area contributed by atoms with Crippen LogP contribution in [0.25, 0.3) is 0 Å². The van der Waals surface area contributed by atoms with Crippen LogP contribution in [-0.2, 0) is 14.3 Å². The second-order valence-electron chi connectivity index (χ2n) is 5.63. The lowest BCUT2D eigenvalue weighted by Gasteiger charge is -2.39. The van der Waals surface area contributed by atoms with Crippen LogP contribution in [0.15, 0.2) is 0 Å². The number of ketones is 1. The molecule has 0 aliphatic carbocycles. The van der Waals surface area contributed by atoms with Crippen molar-refractivity contribution in [2.24, 2.45) is 23.7 Å². The maximum Gasteiger partial charge on any atom is 0.168 e. The SMILES string of the molecule is CC(O)C(C)C(=O)C1COC2(C)OCC1C2C. The van der Waals surface area contributed by atoms with E-state index >= 15 is 0 Å². The highest BCUT2D eigenvalue weighted by atomic mass is 16.7. The lowest BCUT2D eigenvalue weighted by atomic mass is 9.74. The molecule has 4 heteroatoms. The minimum Gasteiger partial charge on any atom is -0.393 e. The fourth-order valence-electron chi connectivity index (χ4n) is 2.81. The molecular weight excluding hydrogens is 220 g/mol. The van der Waals surface area contributed by atoms with Crippen molar-refractivity contribution in [1.82, 2.24) is 0 Å². The van der Waals surface area contributed by atoms with E-state index in [4.69, 9.17) is 9.47 Å². The molecule has 0 aromatic rings. The normalized spacial score (nSPS) is 44.4. The van der Waals surface area contributed by atoms with Crippen LogP contribution in [0.3, 0.4) is 0 Å². The summed E-state index contributed by atoms with van der Waals surface area (Å²) in [5.74, 6) is -0.431. The monoisotopic (exact) mass is 242 g/mol. The Labute approximate surface area is 102 Å². The Kier molecular flexibility index (Phi) is 3.31. The van der Waals surface area contributed by atoms with Gasteiger partial charge in [0.05, 0.1) is 19.3 Å². The van der Waals surface area contributed by atoms with Gasteiger partial charge in [0, 0.05) is 23.7 Å². The van der Waals surface area contributed by atoms with Gasteiger partial charge in [0.15, 0.2) is 5.79 Å². The van der Waals surface area contributed by atoms with Gasteiger partial charge in [-0.05, 0) is 13.8 Å². The Hall–Kier alpha value is -0.450. The number of carbonyl (C=O) groups excluding carboxylic acids is 1. The van der Waals surface area contributed by atoms with E-state index in [1.807, 2.05) is 6.92 Å². The zero-order chi connectivity index (χ0) is 12.8. The molecule has 4 nitrogen and oxygen atoms in total. The fourth-order valence-corrected chi connectivity index (χ4v) is 2.81. The maximum absolute atomic E-state index is 12.3. The van der Waals surface area contributed by atoms with E-state index in [1.54, 1.807) is 13.8 Å². The van der Waals surface area contributed by atoms with Crippen LogP contribution >= 0.6 is 0 Å². The Morgan fingerprint density at radius 2 is 1.94 bits per heavy atom. The van der Waals surface area contributed by atoms with Crippen molar-refractivity contribution in [2.75, 3.05) is 13.2 Å². The number of hydrogen-bond donors (Lipinski definition) is 1. The second kappa shape index (κ2) is 4.34. The van der Waals surface area contributed by atoms with E-state index in [9.17, 15) is 9.90 Å². The number of ether oxygens (including phenoxy) is 2. The van der Waals surface area contributed by atoms with Crippen molar-refractivity contribution >= 4 is 5.78 Å². The van der Waals surface area contributed by atoms with E-state index in [0.29, 0.717) is 13.2 Å². The number of fused-ring (bicyclic) bond motifs is 2. The summed E-state index contributed by atoms with van der Waals surface area (Å²) in [6, 6.07) is 0. The van der Waals surface area contributed by atoms with Crippen LogP contribution < -0.4 is 0 Å². The first-order chi connectivity index (χ1) is 7.87. The molecular formula is C13H22O4. The molecule has 17 heavy (non-hydrogen) atoms. The maximum atomic E-state index is 12.3. The van der Waals surface area contributed by atoms with Crippen LogP contribution in [0.1, 0.15) is 27.7 Å². The average Bonchev–Trinajstić information content (AvgIpc) is 2.49. The molecule has 0 aromatic heterocycles.